The molecule has 0 radical (unpaired) electrons. The molecular weight excluding hydrogens is 486 g/mol. The van der Waals surface area contributed by atoms with Crippen LogP contribution in [0.2, 0.25) is 0 Å². The van der Waals surface area contributed by atoms with Crippen LogP contribution in [0.5, 0.6) is 5.75 Å². The van der Waals surface area contributed by atoms with E-state index in [9.17, 15) is 14.9 Å². The van der Waals surface area contributed by atoms with Gasteiger partial charge in [0.25, 0.3) is 0 Å². The second-order valence-electron chi connectivity index (χ2n) is 9.38. The lowest BCUT2D eigenvalue weighted by atomic mass is 9.96. The molecule has 1 N–H and O–H groups in total. The van der Waals surface area contributed by atoms with E-state index in [1.54, 1.807) is 44.1 Å². The Balaban J connectivity index is 1.36. The maximum atomic E-state index is 12.5. The van der Waals surface area contributed by atoms with Gasteiger partial charge >= 0.3 is 5.69 Å². The van der Waals surface area contributed by atoms with Gasteiger partial charge in [0.15, 0.2) is 0 Å². The molecule has 200 valence electrons. The number of benzene rings is 1. The lowest BCUT2D eigenvalue weighted by Gasteiger charge is -2.35. The Morgan fingerprint density at radius 2 is 2.16 bits per heavy atom. The Morgan fingerprint density at radius 1 is 1.32 bits per heavy atom. The molecule has 1 aliphatic heterocycles. The predicted octanol–water partition coefficient (Wildman–Crippen LogP) is 3.93. The number of hydrazone groups is 1. The van der Waals surface area contributed by atoms with Gasteiger partial charge < -0.3 is 4.74 Å². The topological polar surface area (TPSA) is 128 Å². The number of nitrogens with zero attached hydrogens (tertiary/aromatic N) is 6. The fourth-order valence-electron chi connectivity index (χ4n) is 4.96. The van der Waals surface area contributed by atoms with Gasteiger partial charge in [-0.15, -0.1) is 0 Å². The molecule has 11 nitrogen and oxygen atoms in total. The molecule has 0 spiro atoms. The van der Waals surface area contributed by atoms with Gasteiger partial charge in [0.1, 0.15) is 17.1 Å². The van der Waals surface area contributed by atoms with Crippen molar-refractivity contribution in [3.63, 3.8) is 0 Å². The highest BCUT2D eigenvalue weighted by atomic mass is 16.6. The molecule has 0 aliphatic carbocycles. The largest absolute Gasteiger partial charge is 0.496 e. The molecule has 2 aromatic heterocycles. The van der Waals surface area contributed by atoms with Gasteiger partial charge in [-0.2, -0.15) is 10.2 Å². The molecule has 1 aromatic carbocycles. The summed E-state index contributed by atoms with van der Waals surface area (Å²) in [5.74, 6) is 0.478. The van der Waals surface area contributed by atoms with E-state index in [1.165, 1.54) is 12.0 Å². The average molecular weight is 520 g/mol. The SMILES string of the molecule is COc1ccc(/C=N\NC(=O)CCN2CCCC[C@@H]2c2cccnc2)cc1Cn1nc(C)c([N+](=O)[O-])c1C. The molecule has 4 rings (SSSR count). The summed E-state index contributed by atoms with van der Waals surface area (Å²) in [5.41, 5.74) is 6.21. The van der Waals surface area contributed by atoms with Crippen molar-refractivity contribution in [3.05, 3.63) is 80.9 Å². The van der Waals surface area contributed by atoms with Crippen LogP contribution in [0.15, 0.2) is 47.8 Å². The second kappa shape index (κ2) is 12.4. The minimum Gasteiger partial charge on any atom is -0.496 e. The first-order valence-corrected chi connectivity index (χ1v) is 12.7. The van der Waals surface area contributed by atoms with Crippen LogP contribution < -0.4 is 10.2 Å². The Labute approximate surface area is 221 Å². The van der Waals surface area contributed by atoms with Crippen LogP contribution in [-0.4, -0.2) is 56.9 Å². The smallest absolute Gasteiger partial charge is 0.312 e. The summed E-state index contributed by atoms with van der Waals surface area (Å²) in [4.78, 5) is 30.0. The Hall–Kier alpha value is -4.12. The normalized spacial score (nSPS) is 16.0. The molecule has 1 saturated heterocycles. The Morgan fingerprint density at radius 3 is 2.87 bits per heavy atom. The minimum atomic E-state index is -0.415. The second-order valence-corrected chi connectivity index (χ2v) is 9.38. The van der Waals surface area contributed by atoms with Crippen molar-refractivity contribution >= 4 is 17.8 Å². The number of rotatable bonds is 10. The number of hydrogen-bond donors (Lipinski definition) is 1. The van der Waals surface area contributed by atoms with Crippen molar-refractivity contribution in [2.45, 2.75) is 52.1 Å². The zero-order chi connectivity index (χ0) is 27.1. The summed E-state index contributed by atoms with van der Waals surface area (Å²) in [7, 11) is 1.57. The lowest BCUT2D eigenvalue weighted by Crippen LogP contribution is -2.36. The quantitative estimate of drug-likeness (QED) is 0.244. The van der Waals surface area contributed by atoms with E-state index in [1.807, 2.05) is 24.4 Å². The van der Waals surface area contributed by atoms with Crippen molar-refractivity contribution in [1.82, 2.24) is 25.1 Å². The molecule has 0 bridgehead atoms. The molecule has 11 heteroatoms. The highest BCUT2D eigenvalue weighted by molar-refractivity contribution is 5.83. The number of carbonyl (C=O) groups excluding carboxylic acids is 1. The first-order chi connectivity index (χ1) is 18.4. The number of aromatic nitrogens is 3. The van der Waals surface area contributed by atoms with E-state index < -0.39 is 4.92 Å². The van der Waals surface area contributed by atoms with Gasteiger partial charge in [-0.25, -0.2) is 5.43 Å². The third kappa shape index (κ3) is 6.41. The van der Waals surface area contributed by atoms with Crippen LogP contribution in [0.3, 0.4) is 0 Å². The Kier molecular flexibility index (Phi) is 8.80. The molecule has 0 saturated carbocycles. The van der Waals surface area contributed by atoms with Crippen molar-refractivity contribution in [2.24, 2.45) is 5.10 Å². The summed E-state index contributed by atoms with van der Waals surface area (Å²) in [5, 5.41) is 19.8. The van der Waals surface area contributed by atoms with E-state index in [0.29, 0.717) is 36.6 Å². The third-order valence-corrected chi connectivity index (χ3v) is 6.86. The van der Waals surface area contributed by atoms with Gasteiger partial charge in [0, 0.05) is 37.0 Å². The highest BCUT2D eigenvalue weighted by Gasteiger charge is 2.24. The fraction of sp³-hybridized carbons (Fsp3) is 0.407. The minimum absolute atomic E-state index is 0.0145. The first kappa shape index (κ1) is 26.9. The maximum absolute atomic E-state index is 12.5. The number of amides is 1. The molecule has 1 atom stereocenters. The van der Waals surface area contributed by atoms with Crippen LogP contribution in [0.25, 0.3) is 0 Å². The van der Waals surface area contributed by atoms with E-state index in [0.717, 1.165) is 30.5 Å². The number of methoxy groups -OCH3 is 1. The molecule has 3 aromatic rings. The number of hydrogen-bond acceptors (Lipinski definition) is 8. The number of likely N-dealkylation sites (tertiary alicyclic amines) is 1. The van der Waals surface area contributed by atoms with Crippen LogP contribution in [0, 0.1) is 24.0 Å². The van der Waals surface area contributed by atoms with Crippen molar-refractivity contribution < 1.29 is 14.5 Å². The number of aryl methyl sites for hydroxylation is 1. The molecular formula is C27H33N7O4. The fourth-order valence-corrected chi connectivity index (χ4v) is 4.96. The first-order valence-electron chi connectivity index (χ1n) is 12.7. The van der Waals surface area contributed by atoms with Crippen molar-refractivity contribution in [1.29, 1.82) is 0 Å². The van der Waals surface area contributed by atoms with Crippen LogP contribution in [0.4, 0.5) is 5.69 Å². The summed E-state index contributed by atoms with van der Waals surface area (Å²) >= 11 is 0. The van der Waals surface area contributed by atoms with Crippen LogP contribution in [0.1, 0.15) is 59.8 Å². The number of ether oxygens (including phenoxy) is 1. The number of nitro groups is 1. The molecule has 38 heavy (non-hydrogen) atoms. The summed E-state index contributed by atoms with van der Waals surface area (Å²) < 4.78 is 7.06. The zero-order valence-corrected chi connectivity index (χ0v) is 22.0. The number of pyridine rings is 1. The molecule has 1 amide bonds. The van der Waals surface area contributed by atoms with E-state index >= 15 is 0 Å². The molecule has 0 unspecified atom stereocenters. The zero-order valence-electron chi connectivity index (χ0n) is 22.0. The van der Waals surface area contributed by atoms with E-state index in [4.69, 9.17) is 4.74 Å². The lowest BCUT2D eigenvalue weighted by molar-refractivity contribution is -0.386. The summed E-state index contributed by atoms with van der Waals surface area (Å²) in [6.07, 6.45) is 8.97. The van der Waals surface area contributed by atoms with Gasteiger partial charge in [-0.3, -0.25) is 29.5 Å². The maximum Gasteiger partial charge on any atom is 0.312 e. The molecule has 3 heterocycles. The van der Waals surface area contributed by atoms with E-state index in [-0.39, 0.29) is 17.6 Å². The van der Waals surface area contributed by atoms with Gasteiger partial charge in [0.05, 0.1) is 24.8 Å². The van der Waals surface area contributed by atoms with Gasteiger partial charge in [-0.1, -0.05) is 12.5 Å². The number of nitrogens with one attached hydrogen (secondary N) is 1. The van der Waals surface area contributed by atoms with Crippen LogP contribution in [-0.2, 0) is 11.3 Å². The van der Waals surface area contributed by atoms with Crippen molar-refractivity contribution in [3.8, 4) is 5.75 Å². The molecule has 1 fully saturated rings. The van der Waals surface area contributed by atoms with Crippen molar-refractivity contribution in [2.75, 3.05) is 20.2 Å². The monoisotopic (exact) mass is 519 g/mol. The van der Waals surface area contributed by atoms with Gasteiger partial charge in [0.2, 0.25) is 5.91 Å². The predicted molar refractivity (Wildman–Crippen MR) is 143 cm³/mol. The Bertz CT molecular complexity index is 1310. The standard InChI is InChI=1S/C27H33N7O4/c1-19-27(34(36)37)20(2)33(31-19)18-23-15-21(9-10-25(23)38-3)16-29-30-26(35)11-14-32-13-5-4-8-24(32)22-7-6-12-28-17-22/h6-7,9-10,12,15-17,24H,4-5,8,11,13-14,18H2,1-3H3,(H,30,35)/b29-16-/t24-/m1/s1. The van der Waals surface area contributed by atoms with Gasteiger partial charge in [-0.05, 0) is 68.6 Å². The van der Waals surface area contributed by atoms with Crippen LogP contribution >= 0.6 is 0 Å². The summed E-state index contributed by atoms with van der Waals surface area (Å²) in [6.45, 7) is 5.21. The molecule has 1 aliphatic rings. The number of piperidine rings is 1. The highest BCUT2D eigenvalue weighted by Crippen LogP contribution is 2.30. The van der Waals surface area contributed by atoms with E-state index in [2.05, 4.69) is 31.6 Å². The summed E-state index contributed by atoms with van der Waals surface area (Å²) in [6, 6.07) is 9.83. The average Bonchev–Trinajstić information content (AvgIpc) is 3.20. The third-order valence-electron chi connectivity index (χ3n) is 6.86. The number of carbonyl (C=O) groups is 1.